The molecule has 0 heterocycles. The Hall–Kier alpha value is -2.04. The van der Waals surface area contributed by atoms with Crippen molar-refractivity contribution < 1.29 is 9.59 Å². The second-order valence-corrected chi connectivity index (χ2v) is 4.46. The molecular weight excluding hydrogens is 230 g/mol. The zero-order chi connectivity index (χ0) is 13.0. The fraction of sp³-hybridized carbons (Fsp3) is 0.385. The Kier molecular flexibility index (Phi) is 3.82. The second-order valence-electron chi connectivity index (χ2n) is 4.46. The van der Waals surface area contributed by atoms with Crippen LogP contribution in [0.15, 0.2) is 24.3 Å². The Morgan fingerprint density at radius 2 is 2.00 bits per heavy atom. The number of anilines is 1. The van der Waals surface area contributed by atoms with Gasteiger partial charge in [-0.05, 0) is 31.4 Å². The normalized spacial score (nSPS) is 13.8. The topological polar surface area (TPSA) is 70.2 Å². The molecule has 0 bridgehead atoms. The third-order valence-corrected chi connectivity index (χ3v) is 2.75. The van der Waals surface area contributed by atoms with Gasteiger partial charge in [-0.3, -0.25) is 10.1 Å². The number of rotatable bonds is 4. The highest BCUT2D eigenvalue weighted by molar-refractivity contribution is 5.96. The minimum Gasteiger partial charge on any atom is -0.376 e. The van der Waals surface area contributed by atoms with Crippen molar-refractivity contribution in [1.82, 2.24) is 10.6 Å². The predicted molar refractivity (Wildman–Crippen MR) is 69.4 cm³/mol. The van der Waals surface area contributed by atoms with Gasteiger partial charge in [0.15, 0.2) is 0 Å². The molecule has 2 rings (SSSR count). The Morgan fingerprint density at radius 3 is 2.67 bits per heavy atom. The maximum atomic E-state index is 11.5. The van der Waals surface area contributed by atoms with Crippen LogP contribution in [0.1, 0.15) is 18.4 Å². The van der Waals surface area contributed by atoms with E-state index >= 15 is 0 Å². The molecule has 96 valence electrons. The standard InChI is InChI=1S/C13H17N3O2/c1-9-4-2-3-5-11(9)14-8-12(17)16-13(18)15-10-6-7-10/h2-5,10,14H,6-8H2,1H3,(H2,15,16,17,18). The molecule has 0 unspecified atom stereocenters. The number of para-hydroxylation sites is 1. The molecule has 5 heteroatoms. The summed E-state index contributed by atoms with van der Waals surface area (Å²) in [5.74, 6) is -0.337. The van der Waals surface area contributed by atoms with Gasteiger partial charge in [-0.25, -0.2) is 4.79 Å². The van der Waals surface area contributed by atoms with E-state index in [1.807, 2.05) is 31.2 Å². The molecule has 18 heavy (non-hydrogen) atoms. The molecule has 1 aromatic rings. The maximum absolute atomic E-state index is 11.5. The first-order valence-electron chi connectivity index (χ1n) is 6.05. The minimum atomic E-state index is -0.408. The fourth-order valence-corrected chi connectivity index (χ4v) is 1.57. The molecule has 0 atom stereocenters. The highest BCUT2D eigenvalue weighted by atomic mass is 16.2. The monoisotopic (exact) mass is 247 g/mol. The molecule has 5 nitrogen and oxygen atoms in total. The van der Waals surface area contributed by atoms with Gasteiger partial charge in [-0.2, -0.15) is 0 Å². The van der Waals surface area contributed by atoms with Crippen molar-refractivity contribution in [3.05, 3.63) is 29.8 Å². The SMILES string of the molecule is Cc1ccccc1NCC(=O)NC(=O)NC1CC1. The van der Waals surface area contributed by atoms with Crippen LogP contribution >= 0.6 is 0 Å². The maximum Gasteiger partial charge on any atom is 0.321 e. The van der Waals surface area contributed by atoms with Gasteiger partial charge in [-0.15, -0.1) is 0 Å². The van der Waals surface area contributed by atoms with E-state index in [1.54, 1.807) is 0 Å². The molecule has 3 amide bonds. The molecular formula is C13H17N3O2. The number of aryl methyl sites for hydroxylation is 1. The van der Waals surface area contributed by atoms with Crippen molar-refractivity contribution >= 4 is 17.6 Å². The number of carbonyl (C=O) groups excluding carboxylic acids is 2. The van der Waals surface area contributed by atoms with Crippen molar-refractivity contribution in [2.45, 2.75) is 25.8 Å². The number of urea groups is 1. The van der Waals surface area contributed by atoms with Crippen LogP contribution in [0, 0.1) is 6.92 Å². The summed E-state index contributed by atoms with van der Waals surface area (Å²) in [4.78, 5) is 22.8. The first kappa shape index (κ1) is 12.4. The van der Waals surface area contributed by atoms with Crippen LogP contribution in [0.4, 0.5) is 10.5 Å². The van der Waals surface area contributed by atoms with E-state index in [0.717, 1.165) is 24.1 Å². The molecule has 3 N–H and O–H groups in total. The molecule has 1 aliphatic rings. The van der Waals surface area contributed by atoms with Crippen LogP contribution in [-0.2, 0) is 4.79 Å². The lowest BCUT2D eigenvalue weighted by atomic mass is 10.2. The van der Waals surface area contributed by atoms with Gasteiger partial charge in [0.05, 0.1) is 6.54 Å². The van der Waals surface area contributed by atoms with Gasteiger partial charge in [0.2, 0.25) is 5.91 Å². The number of hydrogen-bond acceptors (Lipinski definition) is 3. The minimum absolute atomic E-state index is 0.0862. The summed E-state index contributed by atoms with van der Waals surface area (Å²) in [7, 11) is 0. The molecule has 0 spiro atoms. The summed E-state index contributed by atoms with van der Waals surface area (Å²) in [5, 5.41) is 7.98. The summed E-state index contributed by atoms with van der Waals surface area (Å²) >= 11 is 0. The van der Waals surface area contributed by atoms with Gasteiger partial charge in [0, 0.05) is 11.7 Å². The van der Waals surface area contributed by atoms with Gasteiger partial charge in [0.25, 0.3) is 0 Å². The van der Waals surface area contributed by atoms with Crippen LogP contribution in [0.3, 0.4) is 0 Å². The van der Waals surface area contributed by atoms with Crippen molar-refractivity contribution in [2.75, 3.05) is 11.9 Å². The molecule has 1 aromatic carbocycles. The van der Waals surface area contributed by atoms with E-state index < -0.39 is 6.03 Å². The molecule has 0 aliphatic heterocycles. The largest absolute Gasteiger partial charge is 0.376 e. The van der Waals surface area contributed by atoms with E-state index in [9.17, 15) is 9.59 Å². The number of benzene rings is 1. The van der Waals surface area contributed by atoms with Crippen LogP contribution in [-0.4, -0.2) is 24.5 Å². The van der Waals surface area contributed by atoms with Crippen molar-refractivity contribution in [3.63, 3.8) is 0 Å². The molecule has 1 saturated carbocycles. The molecule has 1 fully saturated rings. The van der Waals surface area contributed by atoms with Crippen LogP contribution in [0.2, 0.25) is 0 Å². The molecule has 0 saturated heterocycles. The van der Waals surface area contributed by atoms with Crippen molar-refractivity contribution in [2.24, 2.45) is 0 Å². The number of hydrogen-bond donors (Lipinski definition) is 3. The molecule has 0 aromatic heterocycles. The van der Waals surface area contributed by atoms with E-state index in [-0.39, 0.29) is 18.5 Å². The molecule has 0 radical (unpaired) electrons. The number of nitrogens with one attached hydrogen (secondary N) is 3. The average Bonchev–Trinajstić information content (AvgIpc) is 3.11. The van der Waals surface area contributed by atoms with Crippen molar-refractivity contribution in [3.8, 4) is 0 Å². The number of imide groups is 1. The summed E-state index contributed by atoms with van der Waals surface area (Å²) in [6.45, 7) is 2.04. The Bertz CT molecular complexity index is 455. The van der Waals surface area contributed by atoms with E-state index in [4.69, 9.17) is 0 Å². The third-order valence-electron chi connectivity index (χ3n) is 2.75. The van der Waals surface area contributed by atoms with E-state index in [1.165, 1.54) is 0 Å². The van der Waals surface area contributed by atoms with Gasteiger partial charge in [0.1, 0.15) is 0 Å². The second kappa shape index (κ2) is 5.53. The highest BCUT2D eigenvalue weighted by Gasteiger charge is 2.23. The Labute approximate surface area is 106 Å². The summed E-state index contributed by atoms with van der Waals surface area (Å²) in [6, 6.07) is 7.53. The Morgan fingerprint density at radius 1 is 1.28 bits per heavy atom. The summed E-state index contributed by atoms with van der Waals surface area (Å²) < 4.78 is 0. The highest BCUT2D eigenvalue weighted by Crippen LogP contribution is 2.18. The quantitative estimate of drug-likeness (QED) is 0.753. The number of amides is 3. The van der Waals surface area contributed by atoms with Gasteiger partial charge < -0.3 is 10.6 Å². The van der Waals surface area contributed by atoms with E-state index in [0.29, 0.717) is 0 Å². The van der Waals surface area contributed by atoms with Crippen LogP contribution in [0.5, 0.6) is 0 Å². The van der Waals surface area contributed by atoms with E-state index in [2.05, 4.69) is 16.0 Å². The lowest BCUT2D eigenvalue weighted by Crippen LogP contribution is -2.42. The lowest BCUT2D eigenvalue weighted by Gasteiger charge is -2.09. The lowest BCUT2D eigenvalue weighted by molar-refractivity contribution is -0.118. The number of carbonyl (C=O) groups is 2. The van der Waals surface area contributed by atoms with Crippen LogP contribution < -0.4 is 16.0 Å². The average molecular weight is 247 g/mol. The fourth-order valence-electron chi connectivity index (χ4n) is 1.57. The van der Waals surface area contributed by atoms with Crippen LogP contribution in [0.25, 0.3) is 0 Å². The zero-order valence-corrected chi connectivity index (χ0v) is 10.3. The Balaban J connectivity index is 1.74. The summed E-state index contributed by atoms with van der Waals surface area (Å²) in [6.07, 6.45) is 2.01. The summed E-state index contributed by atoms with van der Waals surface area (Å²) in [5.41, 5.74) is 1.96. The smallest absolute Gasteiger partial charge is 0.321 e. The predicted octanol–water partition coefficient (Wildman–Crippen LogP) is 1.40. The van der Waals surface area contributed by atoms with Crippen molar-refractivity contribution in [1.29, 1.82) is 0 Å². The molecule has 1 aliphatic carbocycles. The first-order chi connectivity index (χ1) is 8.65. The van der Waals surface area contributed by atoms with Gasteiger partial charge in [-0.1, -0.05) is 18.2 Å². The zero-order valence-electron chi connectivity index (χ0n) is 10.3. The van der Waals surface area contributed by atoms with Gasteiger partial charge >= 0.3 is 6.03 Å². The first-order valence-corrected chi connectivity index (χ1v) is 6.05. The third kappa shape index (κ3) is 3.76.